The molecule has 0 aliphatic carbocycles. The molecule has 2 fully saturated rings. The number of halogens is 1. The fourth-order valence-electron chi connectivity index (χ4n) is 4.48. The van der Waals surface area contributed by atoms with Crippen LogP contribution in [-0.2, 0) is 14.9 Å². The number of pyridine rings is 1. The lowest BCUT2D eigenvalue weighted by atomic mass is 9.73. The zero-order valence-corrected chi connectivity index (χ0v) is 16.6. The van der Waals surface area contributed by atoms with Gasteiger partial charge in [0, 0.05) is 39.0 Å². The lowest BCUT2D eigenvalue weighted by Gasteiger charge is -2.37. The molecule has 0 radical (unpaired) electrons. The van der Waals surface area contributed by atoms with Crippen molar-refractivity contribution in [3.63, 3.8) is 0 Å². The highest BCUT2D eigenvalue weighted by Crippen LogP contribution is 2.35. The first-order chi connectivity index (χ1) is 14.2. The summed E-state index contributed by atoms with van der Waals surface area (Å²) in [7, 11) is 0. The van der Waals surface area contributed by atoms with Crippen molar-refractivity contribution in [1.29, 1.82) is 0 Å². The average Bonchev–Trinajstić information content (AvgIpc) is 2.79. The summed E-state index contributed by atoms with van der Waals surface area (Å²) in [6.07, 6.45) is 7.04. The number of piperidine rings is 1. The minimum Gasteiger partial charge on any atom is -0.381 e. The number of hydrogen-bond acceptors (Lipinski definition) is 4. The molecule has 0 atom stereocenters. The summed E-state index contributed by atoms with van der Waals surface area (Å²) in [5.41, 5.74) is 1.42. The quantitative estimate of drug-likeness (QED) is 0.841. The van der Waals surface area contributed by atoms with Crippen LogP contribution in [0, 0.1) is 11.7 Å². The van der Waals surface area contributed by atoms with Crippen LogP contribution in [0.25, 0.3) is 0 Å². The highest BCUT2D eigenvalue weighted by Gasteiger charge is 2.41. The van der Waals surface area contributed by atoms with Gasteiger partial charge in [-0.2, -0.15) is 0 Å². The third-order valence-electron chi connectivity index (χ3n) is 6.35. The fourth-order valence-corrected chi connectivity index (χ4v) is 4.48. The molecule has 1 aromatic carbocycles. The monoisotopic (exact) mass is 397 g/mol. The zero-order valence-electron chi connectivity index (χ0n) is 16.6. The Labute approximate surface area is 171 Å². The number of carbonyl (C=O) groups excluding carboxylic acids is 1. The van der Waals surface area contributed by atoms with E-state index in [9.17, 15) is 9.18 Å². The fraction of sp³-hybridized carbons (Fsp3) is 0.478. The molecule has 1 N–H and O–H groups in total. The molecule has 5 nitrogen and oxygen atoms in total. The van der Waals surface area contributed by atoms with E-state index in [4.69, 9.17) is 4.74 Å². The van der Waals surface area contributed by atoms with Crippen molar-refractivity contribution < 1.29 is 13.9 Å². The van der Waals surface area contributed by atoms with Crippen molar-refractivity contribution in [3.8, 4) is 0 Å². The number of carbonyl (C=O) groups is 1. The zero-order chi connectivity index (χ0) is 20.1. The van der Waals surface area contributed by atoms with Crippen LogP contribution >= 0.6 is 0 Å². The number of aromatic nitrogens is 1. The normalized spacial score (nSPS) is 19.7. The van der Waals surface area contributed by atoms with Gasteiger partial charge in [-0.1, -0.05) is 12.1 Å². The van der Waals surface area contributed by atoms with Crippen LogP contribution in [0.4, 0.5) is 10.1 Å². The molecule has 6 heteroatoms. The van der Waals surface area contributed by atoms with Crippen molar-refractivity contribution in [3.05, 3.63) is 60.2 Å². The van der Waals surface area contributed by atoms with E-state index in [1.54, 1.807) is 18.3 Å². The van der Waals surface area contributed by atoms with Gasteiger partial charge in [0.25, 0.3) is 0 Å². The standard InChI is InChI=1S/C23H28FN3O2/c24-20-5-3-19(4-6-20)23(9-14-29-15-10-23)22(28)26-16-18-7-12-27(13-8-18)21-2-1-11-25-17-21/h1-6,11,17-18H,7-10,12-16H2,(H,26,28). The summed E-state index contributed by atoms with van der Waals surface area (Å²) >= 11 is 0. The van der Waals surface area contributed by atoms with E-state index in [0.717, 1.165) is 37.2 Å². The Morgan fingerprint density at radius 1 is 1.17 bits per heavy atom. The molecular formula is C23H28FN3O2. The molecule has 154 valence electrons. The lowest BCUT2D eigenvalue weighted by Crippen LogP contribution is -2.49. The van der Waals surface area contributed by atoms with Crippen LogP contribution < -0.4 is 10.2 Å². The van der Waals surface area contributed by atoms with Gasteiger partial charge in [-0.25, -0.2) is 4.39 Å². The highest BCUT2D eigenvalue weighted by molar-refractivity contribution is 5.88. The van der Waals surface area contributed by atoms with Crippen molar-refractivity contribution in [2.45, 2.75) is 31.1 Å². The van der Waals surface area contributed by atoms with Gasteiger partial charge >= 0.3 is 0 Å². The third-order valence-corrected chi connectivity index (χ3v) is 6.35. The second-order valence-electron chi connectivity index (χ2n) is 8.05. The van der Waals surface area contributed by atoms with Gasteiger partial charge in [0.05, 0.1) is 17.3 Å². The summed E-state index contributed by atoms with van der Waals surface area (Å²) in [6.45, 7) is 3.73. The summed E-state index contributed by atoms with van der Waals surface area (Å²) in [5.74, 6) is 0.232. The molecule has 2 aliphatic heterocycles. The van der Waals surface area contributed by atoms with Gasteiger partial charge in [0.1, 0.15) is 5.82 Å². The van der Waals surface area contributed by atoms with Gasteiger partial charge < -0.3 is 15.0 Å². The maximum Gasteiger partial charge on any atom is 0.230 e. The van der Waals surface area contributed by atoms with Crippen molar-refractivity contribution >= 4 is 11.6 Å². The van der Waals surface area contributed by atoms with Crippen LogP contribution in [0.5, 0.6) is 0 Å². The molecule has 0 bridgehead atoms. The SMILES string of the molecule is O=C(NCC1CCN(c2cccnc2)CC1)C1(c2ccc(F)cc2)CCOCC1. The summed E-state index contributed by atoms with van der Waals surface area (Å²) in [5, 5.41) is 3.21. The number of rotatable bonds is 5. The van der Waals surface area contributed by atoms with Crippen LogP contribution in [0.1, 0.15) is 31.2 Å². The Morgan fingerprint density at radius 2 is 1.90 bits per heavy atom. The van der Waals surface area contributed by atoms with E-state index in [-0.39, 0.29) is 11.7 Å². The number of benzene rings is 1. The number of nitrogens with zero attached hydrogens (tertiary/aromatic N) is 2. The van der Waals surface area contributed by atoms with E-state index in [1.807, 2.05) is 12.3 Å². The maximum absolute atomic E-state index is 13.4. The van der Waals surface area contributed by atoms with E-state index in [0.29, 0.717) is 38.5 Å². The average molecular weight is 397 g/mol. The molecule has 4 rings (SSSR count). The highest BCUT2D eigenvalue weighted by atomic mass is 19.1. The first kappa shape index (κ1) is 19.8. The van der Waals surface area contributed by atoms with Gasteiger partial charge in [-0.05, 0) is 61.4 Å². The topological polar surface area (TPSA) is 54.5 Å². The number of hydrogen-bond donors (Lipinski definition) is 1. The summed E-state index contributed by atoms with van der Waals surface area (Å²) in [4.78, 5) is 19.8. The summed E-state index contributed by atoms with van der Waals surface area (Å²) in [6, 6.07) is 10.4. The van der Waals surface area contributed by atoms with Crippen LogP contribution in [0.3, 0.4) is 0 Å². The number of anilines is 1. The van der Waals surface area contributed by atoms with E-state index in [2.05, 4.69) is 21.3 Å². The second kappa shape index (κ2) is 8.91. The number of nitrogens with one attached hydrogen (secondary N) is 1. The molecule has 2 aliphatic rings. The molecule has 1 amide bonds. The molecule has 3 heterocycles. The Bertz CT molecular complexity index is 799. The first-order valence-electron chi connectivity index (χ1n) is 10.4. The molecular weight excluding hydrogens is 369 g/mol. The third kappa shape index (κ3) is 4.42. The molecule has 2 aromatic rings. The lowest BCUT2D eigenvalue weighted by molar-refractivity contribution is -0.130. The number of ether oxygens (including phenoxy) is 1. The minimum atomic E-state index is -0.623. The number of amides is 1. The predicted octanol–water partition coefficient (Wildman–Crippen LogP) is 3.30. The maximum atomic E-state index is 13.4. The van der Waals surface area contributed by atoms with Crippen LogP contribution in [-0.4, -0.2) is 43.7 Å². The Morgan fingerprint density at radius 3 is 2.55 bits per heavy atom. The Hall–Kier alpha value is -2.47. The molecule has 2 saturated heterocycles. The summed E-state index contributed by atoms with van der Waals surface area (Å²) < 4.78 is 18.9. The predicted molar refractivity (Wildman–Crippen MR) is 110 cm³/mol. The molecule has 29 heavy (non-hydrogen) atoms. The van der Waals surface area contributed by atoms with Gasteiger partial charge in [0.2, 0.25) is 5.91 Å². The second-order valence-corrected chi connectivity index (χ2v) is 8.05. The van der Waals surface area contributed by atoms with Crippen LogP contribution in [0.2, 0.25) is 0 Å². The molecule has 0 unspecified atom stereocenters. The van der Waals surface area contributed by atoms with Crippen molar-refractivity contribution in [1.82, 2.24) is 10.3 Å². The minimum absolute atomic E-state index is 0.0436. The van der Waals surface area contributed by atoms with Gasteiger partial charge in [-0.3, -0.25) is 9.78 Å². The Kier molecular flexibility index (Phi) is 6.09. The van der Waals surface area contributed by atoms with Gasteiger partial charge in [0.15, 0.2) is 0 Å². The molecule has 0 spiro atoms. The van der Waals surface area contributed by atoms with Crippen molar-refractivity contribution in [2.75, 3.05) is 37.7 Å². The smallest absolute Gasteiger partial charge is 0.230 e. The molecule has 0 saturated carbocycles. The Balaban J connectivity index is 1.36. The van der Waals surface area contributed by atoms with E-state index in [1.165, 1.54) is 12.1 Å². The van der Waals surface area contributed by atoms with Gasteiger partial charge in [-0.15, -0.1) is 0 Å². The van der Waals surface area contributed by atoms with E-state index < -0.39 is 5.41 Å². The van der Waals surface area contributed by atoms with Crippen molar-refractivity contribution in [2.24, 2.45) is 5.92 Å². The first-order valence-corrected chi connectivity index (χ1v) is 10.4. The van der Waals surface area contributed by atoms with Crippen LogP contribution in [0.15, 0.2) is 48.8 Å². The molecule has 1 aromatic heterocycles. The van der Waals surface area contributed by atoms with E-state index >= 15 is 0 Å². The largest absolute Gasteiger partial charge is 0.381 e.